The van der Waals surface area contributed by atoms with Crippen molar-refractivity contribution in [3.05, 3.63) is 23.8 Å². The van der Waals surface area contributed by atoms with Crippen molar-refractivity contribution in [2.24, 2.45) is 0 Å². The SMILES string of the molecule is COc1ccc(CNCCNS(C)(=O)=O)c(OC)c1. The summed E-state index contributed by atoms with van der Waals surface area (Å²) < 4.78 is 34.5. The maximum Gasteiger partial charge on any atom is 0.208 e. The largest absolute Gasteiger partial charge is 0.497 e. The van der Waals surface area contributed by atoms with Gasteiger partial charge in [0.1, 0.15) is 11.5 Å². The fourth-order valence-electron chi connectivity index (χ4n) is 1.55. The molecule has 0 aromatic heterocycles. The van der Waals surface area contributed by atoms with Crippen LogP contribution in [-0.4, -0.2) is 42.0 Å². The van der Waals surface area contributed by atoms with E-state index in [-0.39, 0.29) is 0 Å². The molecule has 19 heavy (non-hydrogen) atoms. The molecule has 0 aliphatic rings. The van der Waals surface area contributed by atoms with E-state index in [0.717, 1.165) is 23.3 Å². The maximum absolute atomic E-state index is 10.9. The summed E-state index contributed by atoms with van der Waals surface area (Å²) in [5, 5.41) is 3.14. The van der Waals surface area contributed by atoms with Crippen molar-refractivity contribution in [3.63, 3.8) is 0 Å². The molecule has 6 nitrogen and oxygen atoms in total. The van der Waals surface area contributed by atoms with Crippen molar-refractivity contribution < 1.29 is 17.9 Å². The van der Waals surface area contributed by atoms with Gasteiger partial charge in [-0.2, -0.15) is 0 Å². The van der Waals surface area contributed by atoms with Gasteiger partial charge in [0.15, 0.2) is 0 Å². The highest BCUT2D eigenvalue weighted by Gasteiger charge is 2.05. The predicted octanol–water partition coefficient (Wildman–Crippen LogP) is 0.343. The number of rotatable bonds is 8. The number of methoxy groups -OCH3 is 2. The van der Waals surface area contributed by atoms with E-state index in [9.17, 15) is 8.42 Å². The first-order valence-corrected chi connectivity index (χ1v) is 7.71. The van der Waals surface area contributed by atoms with E-state index < -0.39 is 10.0 Å². The Balaban J connectivity index is 2.45. The minimum absolute atomic E-state index is 0.358. The van der Waals surface area contributed by atoms with Crippen LogP contribution in [0.2, 0.25) is 0 Å². The molecule has 1 rings (SSSR count). The Kier molecular flexibility index (Phi) is 6.07. The van der Waals surface area contributed by atoms with Gasteiger partial charge in [0, 0.05) is 31.3 Å². The fraction of sp³-hybridized carbons (Fsp3) is 0.500. The average molecular weight is 288 g/mol. The number of ether oxygens (including phenoxy) is 2. The van der Waals surface area contributed by atoms with Crippen LogP contribution in [0.25, 0.3) is 0 Å². The van der Waals surface area contributed by atoms with Gasteiger partial charge in [-0.05, 0) is 6.07 Å². The molecule has 1 aromatic rings. The molecule has 0 bridgehead atoms. The third-order valence-electron chi connectivity index (χ3n) is 2.48. The molecule has 2 N–H and O–H groups in total. The Bertz CT molecular complexity index is 502. The molecule has 0 fully saturated rings. The van der Waals surface area contributed by atoms with Crippen LogP contribution in [0.1, 0.15) is 5.56 Å². The first-order chi connectivity index (χ1) is 8.96. The highest BCUT2D eigenvalue weighted by molar-refractivity contribution is 7.88. The normalized spacial score (nSPS) is 11.3. The number of benzene rings is 1. The average Bonchev–Trinajstić information content (AvgIpc) is 2.37. The molecule has 7 heteroatoms. The van der Waals surface area contributed by atoms with Gasteiger partial charge >= 0.3 is 0 Å². The van der Waals surface area contributed by atoms with Gasteiger partial charge in [-0.15, -0.1) is 0 Å². The van der Waals surface area contributed by atoms with Crippen LogP contribution >= 0.6 is 0 Å². The minimum Gasteiger partial charge on any atom is -0.497 e. The van der Waals surface area contributed by atoms with Crippen LogP contribution < -0.4 is 19.5 Å². The van der Waals surface area contributed by atoms with Gasteiger partial charge < -0.3 is 14.8 Å². The molecule has 0 aliphatic heterocycles. The van der Waals surface area contributed by atoms with Crippen molar-refractivity contribution in [1.29, 1.82) is 0 Å². The summed E-state index contributed by atoms with van der Waals surface area (Å²) in [6, 6.07) is 5.58. The van der Waals surface area contributed by atoms with Gasteiger partial charge in [0.2, 0.25) is 10.0 Å². The van der Waals surface area contributed by atoms with Gasteiger partial charge in [0.05, 0.1) is 20.5 Å². The van der Waals surface area contributed by atoms with Crippen LogP contribution in [0.5, 0.6) is 11.5 Å². The summed E-state index contributed by atoms with van der Waals surface area (Å²) in [7, 11) is 0.0792. The number of hydrogen-bond donors (Lipinski definition) is 2. The molecular weight excluding hydrogens is 268 g/mol. The second kappa shape index (κ2) is 7.32. The van der Waals surface area contributed by atoms with Gasteiger partial charge in [-0.3, -0.25) is 0 Å². The Hall–Kier alpha value is -1.31. The summed E-state index contributed by atoms with van der Waals surface area (Å²) in [5.41, 5.74) is 0.989. The molecule has 0 spiro atoms. The lowest BCUT2D eigenvalue weighted by molar-refractivity contribution is 0.390. The molecule has 0 saturated heterocycles. The van der Waals surface area contributed by atoms with Crippen molar-refractivity contribution in [1.82, 2.24) is 10.0 Å². The lowest BCUT2D eigenvalue weighted by Crippen LogP contribution is -2.30. The summed E-state index contributed by atoms with van der Waals surface area (Å²) in [6.45, 7) is 1.50. The first kappa shape index (κ1) is 15.7. The Labute approximate surface area is 114 Å². The number of hydrogen-bond acceptors (Lipinski definition) is 5. The summed E-state index contributed by atoms with van der Waals surface area (Å²) in [4.78, 5) is 0. The molecule has 108 valence electrons. The summed E-state index contributed by atoms with van der Waals surface area (Å²) in [6.07, 6.45) is 1.14. The lowest BCUT2D eigenvalue weighted by atomic mass is 10.2. The van der Waals surface area contributed by atoms with Crippen molar-refractivity contribution >= 4 is 10.0 Å². The van der Waals surface area contributed by atoms with E-state index in [4.69, 9.17) is 9.47 Å². The Morgan fingerprint density at radius 2 is 1.89 bits per heavy atom. The lowest BCUT2D eigenvalue weighted by Gasteiger charge is -2.11. The van der Waals surface area contributed by atoms with Crippen molar-refractivity contribution in [2.75, 3.05) is 33.6 Å². The van der Waals surface area contributed by atoms with Gasteiger partial charge in [-0.25, -0.2) is 13.1 Å². The zero-order valence-corrected chi connectivity index (χ0v) is 12.2. The topological polar surface area (TPSA) is 76.7 Å². The number of nitrogens with one attached hydrogen (secondary N) is 2. The van der Waals surface area contributed by atoms with Gasteiger partial charge in [-0.1, -0.05) is 6.07 Å². The molecule has 0 amide bonds. The van der Waals surface area contributed by atoms with E-state index in [1.165, 1.54) is 0 Å². The minimum atomic E-state index is -3.12. The molecule has 0 saturated carbocycles. The van der Waals surface area contributed by atoms with E-state index >= 15 is 0 Å². The van der Waals surface area contributed by atoms with Crippen LogP contribution in [-0.2, 0) is 16.6 Å². The molecule has 0 radical (unpaired) electrons. The predicted molar refractivity (Wildman–Crippen MR) is 74.1 cm³/mol. The highest BCUT2D eigenvalue weighted by Crippen LogP contribution is 2.24. The van der Waals surface area contributed by atoms with E-state index in [1.54, 1.807) is 14.2 Å². The standard InChI is InChI=1S/C12H20N2O4S/c1-17-11-5-4-10(12(8-11)18-2)9-13-6-7-14-19(3,15)16/h4-5,8,13-14H,6-7,9H2,1-3H3. The first-order valence-electron chi connectivity index (χ1n) is 5.82. The van der Waals surface area contributed by atoms with E-state index in [0.29, 0.717) is 19.6 Å². The Morgan fingerprint density at radius 1 is 1.16 bits per heavy atom. The second-order valence-electron chi connectivity index (χ2n) is 4.02. The van der Waals surface area contributed by atoms with Crippen LogP contribution in [0.3, 0.4) is 0 Å². The molecule has 0 unspecified atom stereocenters. The van der Waals surface area contributed by atoms with Crippen LogP contribution in [0.15, 0.2) is 18.2 Å². The monoisotopic (exact) mass is 288 g/mol. The second-order valence-corrected chi connectivity index (χ2v) is 5.85. The fourth-order valence-corrected chi connectivity index (χ4v) is 2.02. The highest BCUT2D eigenvalue weighted by atomic mass is 32.2. The molecule has 0 heterocycles. The third kappa shape index (κ3) is 5.91. The zero-order chi connectivity index (χ0) is 14.3. The quantitative estimate of drug-likeness (QED) is 0.675. The summed E-state index contributed by atoms with van der Waals surface area (Å²) >= 11 is 0. The molecule has 1 aromatic carbocycles. The summed E-state index contributed by atoms with van der Waals surface area (Å²) in [5.74, 6) is 1.47. The maximum atomic E-state index is 10.9. The molecular formula is C12H20N2O4S. The molecule has 0 aliphatic carbocycles. The number of sulfonamides is 1. The van der Waals surface area contributed by atoms with Crippen molar-refractivity contribution in [3.8, 4) is 11.5 Å². The zero-order valence-electron chi connectivity index (χ0n) is 11.4. The Morgan fingerprint density at radius 3 is 2.47 bits per heavy atom. The molecule has 0 atom stereocenters. The van der Waals surface area contributed by atoms with Gasteiger partial charge in [0.25, 0.3) is 0 Å². The van der Waals surface area contributed by atoms with E-state index in [2.05, 4.69) is 10.0 Å². The van der Waals surface area contributed by atoms with Crippen LogP contribution in [0.4, 0.5) is 0 Å². The third-order valence-corrected chi connectivity index (χ3v) is 3.20. The smallest absolute Gasteiger partial charge is 0.208 e. The van der Waals surface area contributed by atoms with Crippen LogP contribution in [0, 0.1) is 0 Å². The van der Waals surface area contributed by atoms with Crippen molar-refractivity contribution in [2.45, 2.75) is 6.54 Å². The van der Waals surface area contributed by atoms with E-state index in [1.807, 2.05) is 18.2 Å².